The summed E-state index contributed by atoms with van der Waals surface area (Å²) >= 11 is 6.17. The molecule has 0 saturated heterocycles. The highest BCUT2D eigenvalue weighted by Gasteiger charge is 2.12. The molecule has 0 aliphatic heterocycles. The predicted octanol–water partition coefficient (Wildman–Crippen LogP) is 2.87. The third-order valence-corrected chi connectivity index (χ3v) is 3.27. The van der Waals surface area contributed by atoms with Gasteiger partial charge in [-0.15, -0.1) is 0 Å². The van der Waals surface area contributed by atoms with Gasteiger partial charge in [-0.2, -0.15) is 0 Å². The van der Waals surface area contributed by atoms with Gasteiger partial charge in [-0.25, -0.2) is 0 Å². The second kappa shape index (κ2) is 6.50. The zero-order chi connectivity index (χ0) is 12.8. The first-order valence-corrected chi connectivity index (χ1v) is 6.28. The van der Waals surface area contributed by atoms with E-state index < -0.39 is 0 Å². The first-order chi connectivity index (χ1) is 8.81. The Balaban J connectivity index is 2.04. The van der Waals surface area contributed by atoms with Crippen LogP contribution in [0.15, 0.2) is 48.8 Å². The molecule has 0 fully saturated rings. The van der Waals surface area contributed by atoms with E-state index in [-0.39, 0.29) is 6.04 Å². The molecule has 0 aliphatic carbocycles. The van der Waals surface area contributed by atoms with Crippen molar-refractivity contribution >= 4 is 11.6 Å². The lowest BCUT2D eigenvalue weighted by Crippen LogP contribution is -2.28. The lowest BCUT2D eigenvalue weighted by molar-refractivity contribution is 0.516. The quantitative estimate of drug-likeness (QED) is 0.643. The van der Waals surface area contributed by atoms with E-state index in [1.165, 1.54) is 5.56 Å². The van der Waals surface area contributed by atoms with Crippen LogP contribution in [-0.4, -0.2) is 4.98 Å². The average molecular weight is 262 g/mol. The van der Waals surface area contributed by atoms with Crippen LogP contribution in [0.1, 0.15) is 23.6 Å². The van der Waals surface area contributed by atoms with E-state index in [9.17, 15) is 0 Å². The van der Waals surface area contributed by atoms with Crippen molar-refractivity contribution in [1.82, 2.24) is 10.4 Å². The standard InChI is InChI=1S/C14H16ClN3/c15-13-6-2-1-5-12(13)14(18-16)8-7-11-4-3-9-17-10-11/h1-6,9-10,14,18H,7-8,16H2. The predicted molar refractivity (Wildman–Crippen MR) is 74.1 cm³/mol. The maximum absolute atomic E-state index is 6.17. The maximum atomic E-state index is 6.17. The summed E-state index contributed by atoms with van der Waals surface area (Å²) in [7, 11) is 0. The number of halogens is 1. The second-order valence-electron chi connectivity index (χ2n) is 4.14. The van der Waals surface area contributed by atoms with Crippen LogP contribution in [0.5, 0.6) is 0 Å². The third kappa shape index (κ3) is 3.29. The van der Waals surface area contributed by atoms with Crippen molar-refractivity contribution in [3.8, 4) is 0 Å². The molecule has 0 bridgehead atoms. The lowest BCUT2D eigenvalue weighted by atomic mass is 10.0. The number of aryl methyl sites for hydroxylation is 1. The van der Waals surface area contributed by atoms with Crippen LogP contribution in [0, 0.1) is 0 Å². The highest BCUT2D eigenvalue weighted by Crippen LogP contribution is 2.25. The number of nitrogens with two attached hydrogens (primary N) is 1. The van der Waals surface area contributed by atoms with Crippen LogP contribution < -0.4 is 11.3 Å². The summed E-state index contributed by atoms with van der Waals surface area (Å²) in [6, 6.07) is 11.8. The number of rotatable bonds is 5. The molecular weight excluding hydrogens is 246 g/mol. The zero-order valence-electron chi connectivity index (χ0n) is 10.0. The van der Waals surface area contributed by atoms with Gasteiger partial charge < -0.3 is 0 Å². The first kappa shape index (κ1) is 13.0. The summed E-state index contributed by atoms with van der Waals surface area (Å²) in [5.74, 6) is 5.61. The van der Waals surface area contributed by atoms with Gasteiger partial charge in [0.05, 0.1) is 0 Å². The molecule has 1 aromatic carbocycles. The molecule has 1 atom stereocenters. The van der Waals surface area contributed by atoms with Crippen LogP contribution in [0.3, 0.4) is 0 Å². The molecule has 18 heavy (non-hydrogen) atoms. The van der Waals surface area contributed by atoms with Crippen LogP contribution in [-0.2, 0) is 6.42 Å². The summed E-state index contributed by atoms with van der Waals surface area (Å²) in [4.78, 5) is 4.10. The minimum atomic E-state index is 0.0545. The number of hydrazine groups is 1. The molecule has 1 heterocycles. The van der Waals surface area contributed by atoms with Crippen LogP contribution in [0.2, 0.25) is 5.02 Å². The Morgan fingerprint density at radius 2 is 2.06 bits per heavy atom. The van der Waals surface area contributed by atoms with E-state index in [2.05, 4.69) is 16.5 Å². The van der Waals surface area contributed by atoms with E-state index in [4.69, 9.17) is 17.4 Å². The molecule has 3 nitrogen and oxygen atoms in total. The fraction of sp³-hybridized carbons (Fsp3) is 0.214. The normalized spacial score (nSPS) is 12.3. The molecule has 1 unspecified atom stereocenters. The molecule has 0 saturated carbocycles. The van der Waals surface area contributed by atoms with Gasteiger partial charge in [0.25, 0.3) is 0 Å². The molecule has 0 radical (unpaired) electrons. The largest absolute Gasteiger partial charge is 0.271 e. The lowest BCUT2D eigenvalue weighted by Gasteiger charge is -2.17. The number of hydrogen-bond acceptors (Lipinski definition) is 3. The fourth-order valence-corrected chi connectivity index (χ4v) is 2.21. The Bertz CT molecular complexity index is 487. The van der Waals surface area contributed by atoms with Gasteiger partial charge in [-0.05, 0) is 36.1 Å². The van der Waals surface area contributed by atoms with Crippen LogP contribution in [0.4, 0.5) is 0 Å². The molecule has 4 heteroatoms. The van der Waals surface area contributed by atoms with Gasteiger partial charge >= 0.3 is 0 Å². The van der Waals surface area contributed by atoms with Crippen molar-refractivity contribution in [2.45, 2.75) is 18.9 Å². The molecule has 2 aromatic rings. The Morgan fingerprint density at radius 3 is 2.72 bits per heavy atom. The number of nitrogens with zero attached hydrogens (tertiary/aromatic N) is 1. The van der Waals surface area contributed by atoms with E-state index in [0.717, 1.165) is 23.4 Å². The Kier molecular flexibility index (Phi) is 4.70. The summed E-state index contributed by atoms with van der Waals surface area (Å²) < 4.78 is 0. The highest BCUT2D eigenvalue weighted by molar-refractivity contribution is 6.31. The van der Waals surface area contributed by atoms with Gasteiger partial charge in [0.2, 0.25) is 0 Å². The molecule has 2 rings (SSSR count). The Morgan fingerprint density at radius 1 is 1.22 bits per heavy atom. The molecule has 0 amide bonds. The molecular formula is C14H16ClN3. The van der Waals surface area contributed by atoms with Crippen molar-refractivity contribution < 1.29 is 0 Å². The topological polar surface area (TPSA) is 50.9 Å². The zero-order valence-corrected chi connectivity index (χ0v) is 10.8. The van der Waals surface area contributed by atoms with Crippen molar-refractivity contribution in [3.63, 3.8) is 0 Å². The van der Waals surface area contributed by atoms with Gasteiger partial charge in [0.15, 0.2) is 0 Å². The third-order valence-electron chi connectivity index (χ3n) is 2.93. The maximum Gasteiger partial charge on any atom is 0.0477 e. The number of pyridine rings is 1. The average Bonchev–Trinajstić information content (AvgIpc) is 2.42. The van der Waals surface area contributed by atoms with Gasteiger partial charge in [0, 0.05) is 23.5 Å². The highest BCUT2D eigenvalue weighted by atomic mass is 35.5. The molecule has 3 N–H and O–H groups in total. The van der Waals surface area contributed by atoms with Crippen LogP contribution >= 0.6 is 11.6 Å². The van der Waals surface area contributed by atoms with Crippen molar-refractivity contribution in [3.05, 3.63) is 64.9 Å². The first-order valence-electron chi connectivity index (χ1n) is 5.90. The summed E-state index contributed by atoms with van der Waals surface area (Å²) in [6.45, 7) is 0. The summed E-state index contributed by atoms with van der Waals surface area (Å²) in [6.07, 6.45) is 5.44. The molecule has 94 valence electrons. The minimum absolute atomic E-state index is 0.0545. The monoisotopic (exact) mass is 261 g/mol. The summed E-state index contributed by atoms with van der Waals surface area (Å²) in [5.41, 5.74) is 5.06. The second-order valence-corrected chi connectivity index (χ2v) is 4.55. The van der Waals surface area contributed by atoms with E-state index in [1.807, 2.05) is 36.5 Å². The molecule has 0 aliphatic rings. The number of hydrogen-bond donors (Lipinski definition) is 2. The van der Waals surface area contributed by atoms with Gasteiger partial charge in [-0.3, -0.25) is 16.3 Å². The number of aromatic nitrogens is 1. The molecule has 1 aromatic heterocycles. The van der Waals surface area contributed by atoms with E-state index >= 15 is 0 Å². The van der Waals surface area contributed by atoms with Crippen molar-refractivity contribution in [1.29, 1.82) is 0 Å². The number of benzene rings is 1. The fourth-order valence-electron chi connectivity index (χ4n) is 1.94. The molecule has 0 spiro atoms. The van der Waals surface area contributed by atoms with E-state index in [0.29, 0.717) is 0 Å². The SMILES string of the molecule is NNC(CCc1cccnc1)c1ccccc1Cl. The van der Waals surface area contributed by atoms with Crippen molar-refractivity contribution in [2.24, 2.45) is 5.84 Å². The smallest absolute Gasteiger partial charge is 0.0477 e. The number of nitrogens with one attached hydrogen (secondary N) is 1. The van der Waals surface area contributed by atoms with Gasteiger partial charge in [0.1, 0.15) is 0 Å². The van der Waals surface area contributed by atoms with Crippen LogP contribution in [0.25, 0.3) is 0 Å². The van der Waals surface area contributed by atoms with E-state index in [1.54, 1.807) is 6.20 Å². The minimum Gasteiger partial charge on any atom is -0.271 e. The van der Waals surface area contributed by atoms with Gasteiger partial charge in [-0.1, -0.05) is 35.9 Å². The Hall–Kier alpha value is -1.42. The van der Waals surface area contributed by atoms with Crippen molar-refractivity contribution in [2.75, 3.05) is 0 Å². The Labute approximate surface area is 112 Å². The summed E-state index contributed by atoms with van der Waals surface area (Å²) in [5, 5.41) is 0.742.